The molecule has 0 aromatic heterocycles. The van der Waals surface area contributed by atoms with Gasteiger partial charge in [0.25, 0.3) is 5.91 Å². The zero-order valence-corrected chi connectivity index (χ0v) is 19.3. The summed E-state index contributed by atoms with van der Waals surface area (Å²) in [5, 5.41) is 5.34. The summed E-state index contributed by atoms with van der Waals surface area (Å²) in [5.74, 6) is -0.695. The monoisotopic (exact) mass is 475 g/mol. The van der Waals surface area contributed by atoms with Crippen LogP contribution in [-0.4, -0.2) is 35.8 Å². The standard InChI is InChI=1S/C27H26FN3O4/c1-27(21-9-11-22(28)12-10-21)25(33)31(26(34)30-27)17-24(32)29-16-15-19-7-13-23(14-8-19)35-18-20-5-3-2-4-6-20/h2-14H,15-18H2,1H3,(H,29,32)(H,30,34). The number of carbonyl (C=O) groups is 3. The minimum atomic E-state index is -1.35. The number of hydrogen-bond donors (Lipinski definition) is 2. The molecule has 3 aromatic carbocycles. The van der Waals surface area contributed by atoms with Crippen molar-refractivity contribution in [2.45, 2.75) is 25.5 Å². The lowest BCUT2D eigenvalue weighted by atomic mass is 9.92. The predicted molar refractivity (Wildman–Crippen MR) is 128 cm³/mol. The van der Waals surface area contributed by atoms with E-state index < -0.39 is 35.7 Å². The van der Waals surface area contributed by atoms with E-state index >= 15 is 0 Å². The predicted octanol–water partition coefficient (Wildman–Crippen LogP) is 3.53. The van der Waals surface area contributed by atoms with Gasteiger partial charge in [0.1, 0.15) is 30.3 Å². The summed E-state index contributed by atoms with van der Waals surface area (Å²) in [6.07, 6.45) is 0.581. The van der Waals surface area contributed by atoms with Gasteiger partial charge in [-0.15, -0.1) is 0 Å². The van der Waals surface area contributed by atoms with Crippen LogP contribution in [-0.2, 0) is 28.2 Å². The average Bonchev–Trinajstić information content (AvgIpc) is 3.08. The quantitative estimate of drug-likeness (QED) is 0.464. The molecule has 0 saturated carbocycles. The highest BCUT2D eigenvalue weighted by Crippen LogP contribution is 2.28. The van der Waals surface area contributed by atoms with E-state index in [1.807, 2.05) is 54.6 Å². The van der Waals surface area contributed by atoms with Gasteiger partial charge in [-0.2, -0.15) is 0 Å². The van der Waals surface area contributed by atoms with Crippen molar-refractivity contribution in [3.63, 3.8) is 0 Å². The van der Waals surface area contributed by atoms with E-state index in [1.54, 1.807) is 0 Å². The minimum absolute atomic E-state index is 0.349. The highest BCUT2D eigenvalue weighted by Gasteiger charge is 2.49. The van der Waals surface area contributed by atoms with Crippen LogP contribution in [0.4, 0.5) is 9.18 Å². The van der Waals surface area contributed by atoms with Gasteiger partial charge in [0.05, 0.1) is 0 Å². The van der Waals surface area contributed by atoms with Crippen molar-refractivity contribution in [3.05, 3.63) is 101 Å². The molecule has 7 nitrogen and oxygen atoms in total. The van der Waals surface area contributed by atoms with Gasteiger partial charge in [-0.1, -0.05) is 54.6 Å². The molecule has 180 valence electrons. The van der Waals surface area contributed by atoms with Gasteiger partial charge in [-0.25, -0.2) is 9.18 Å². The first-order chi connectivity index (χ1) is 16.8. The Hall–Kier alpha value is -4.20. The van der Waals surface area contributed by atoms with Crippen molar-refractivity contribution in [3.8, 4) is 5.75 Å². The first-order valence-corrected chi connectivity index (χ1v) is 11.3. The van der Waals surface area contributed by atoms with Crippen LogP contribution in [0.2, 0.25) is 0 Å². The number of nitrogens with one attached hydrogen (secondary N) is 2. The summed E-state index contributed by atoms with van der Waals surface area (Å²) >= 11 is 0. The van der Waals surface area contributed by atoms with E-state index in [1.165, 1.54) is 31.2 Å². The molecule has 1 atom stereocenters. The van der Waals surface area contributed by atoms with Crippen molar-refractivity contribution in [2.75, 3.05) is 13.1 Å². The van der Waals surface area contributed by atoms with Crippen LogP contribution in [0.15, 0.2) is 78.9 Å². The molecule has 1 aliphatic rings. The Balaban J connectivity index is 1.24. The Morgan fingerprint density at radius 1 is 0.971 bits per heavy atom. The van der Waals surface area contributed by atoms with Crippen LogP contribution in [0, 0.1) is 5.82 Å². The van der Waals surface area contributed by atoms with Crippen LogP contribution >= 0.6 is 0 Å². The minimum Gasteiger partial charge on any atom is -0.489 e. The molecule has 4 rings (SSSR count). The van der Waals surface area contributed by atoms with Gasteiger partial charge in [-0.3, -0.25) is 14.5 Å². The van der Waals surface area contributed by atoms with Crippen molar-refractivity contribution < 1.29 is 23.5 Å². The van der Waals surface area contributed by atoms with Crippen LogP contribution in [0.3, 0.4) is 0 Å². The number of carbonyl (C=O) groups excluding carboxylic acids is 3. The molecule has 2 N–H and O–H groups in total. The van der Waals surface area contributed by atoms with Crippen molar-refractivity contribution in [1.82, 2.24) is 15.5 Å². The largest absolute Gasteiger partial charge is 0.489 e. The maximum Gasteiger partial charge on any atom is 0.325 e. The topological polar surface area (TPSA) is 87.7 Å². The number of nitrogens with zero attached hydrogens (tertiary/aromatic N) is 1. The maximum absolute atomic E-state index is 13.2. The third-order valence-corrected chi connectivity index (χ3v) is 5.91. The lowest BCUT2D eigenvalue weighted by Gasteiger charge is -2.22. The van der Waals surface area contributed by atoms with E-state index in [0.29, 0.717) is 25.1 Å². The lowest BCUT2D eigenvalue weighted by molar-refractivity contribution is -0.134. The summed E-state index contributed by atoms with van der Waals surface area (Å²) in [5.41, 5.74) is 1.19. The van der Waals surface area contributed by atoms with E-state index in [-0.39, 0.29) is 0 Å². The Bertz CT molecular complexity index is 1200. The molecule has 1 saturated heterocycles. The fourth-order valence-corrected chi connectivity index (χ4v) is 3.86. The maximum atomic E-state index is 13.2. The summed E-state index contributed by atoms with van der Waals surface area (Å²) in [4.78, 5) is 38.5. The zero-order chi connectivity index (χ0) is 24.8. The molecule has 1 fully saturated rings. The van der Waals surface area contributed by atoms with Crippen molar-refractivity contribution in [2.24, 2.45) is 0 Å². The van der Waals surface area contributed by atoms with Crippen LogP contribution in [0.25, 0.3) is 0 Å². The molecule has 0 aliphatic carbocycles. The summed E-state index contributed by atoms with van der Waals surface area (Å²) < 4.78 is 19.0. The van der Waals surface area contributed by atoms with Gasteiger partial charge in [0, 0.05) is 6.54 Å². The molecule has 0 bridgehead atoms. The highest BCUT2D eigenvalue weighted by atomic mass is 19.1. The van der Waals surface area contributed by atoms with Crippen molar-refractivity contribution in [1.29, 1.82) is 0 Å². The molecule has 8 heteroatoms. The normalized spacial score (nSPS) is 17.3. The Kier molecular flexibility index (Phi) is 7.10. The number of hydrogen-bond acceptors (Lipinski definition) is 4. The van der Waals surface area contributed by atoms with Gasteiger partial charge >= 0.3 is 6.03 Å². The first kappa shape index (κ1) is 23.9. The summed E-state index contributed by atoms with van der Waals surface area (Å²) in [6.45, 7) is 1.97. The number of halogens is 1. The summed E-state index contributed by atoms with van der Waals surface area (Å²) in [6, 6.07) is 22.2. The van der Waals surface area contributed by atoms with Gasteiger partial charge in [0.2, 0.25) is 5.91 Å². The van der Waals surface area contributed by atoms with Crippen molar-refractivity contribution >= 4 is 17.8 Å². The second-order valence-corrected chi connectivity index (χ2v) is 8.47. The average molecular weight is 476 g/mol. The fourth-order valence-electron chi connectivity index (χ4n) is 3.86. The second-order valence-electron chi connectivity index (χ2n) is 8.47. The molecular weight excluding hydrogens is 449 g/mol. The number of ether oxygens (including phenoxy) is 1. The zero-order valence-electron chi connectivity index (χ0n) is 19.3. The van der Waals surface area contributed by atoms with E-state index in [9.17, 15) is 18.8 Å². The molecule has 1 aliphatic heterocycles. The number of benzene rings is 3. The van der Waals surface area contributed by atoms with Crippen LogP contribution < -0.4 is 15.4 Å². The SMILES string of the molecule is CC1(c2ccc(F)cc2)NC(=O)N(CC(=O)NCCc2ccc(OCc3ccccc3)cc2)C1=O. The smallest absolute Gasteiger partial charge is 0.325 e. The fraction of sp³-hybridized carbons (Fsp3) is 0.222. The Labute approximate surface area is 202 Å². The first-order valence-electron chi connectivity index (χ1n) is 11.3. The van der Waals surface area contributed by atoms with Gasteiger partial charge in [-0.05, 0) is 54.3 Å². The molecule has 4 amide bonds. The van der Waals surface area contributed by atoms with E-state index in [4.69, 9.17) is 4.74 Å². The number of amides is 4. The highest BCUT2D eigenvalue weighted by molar-refractivity contribution is 6.09. The Morgan fingerprint density at radius 3 is 2.34 bits per heavy atom. The Morgan fingerprint density at radius 2 is 1.66 bits per heavy atom. The molecule has 3 aromatic rings. The number of imide groups is 1. The van der Waals surface area contributed by atoms with Crippen LogP contribution in [0.5, 0.6) is 5.75 Å². The molecule has 1 unspecified atom stereocenters. The molecule has 35 heavy (non-hydrogen) atoms. The molecular formula is C27H26FN3O4. The van der Waals surface area contributed by atoms with E-state index in [0.717, 1.165) is 21.8 Å². The van der Waals surface area contributed by atoms with Crippen LogP contribution in [0.1, 0.15) is 23.6 Å². The number of rotatable bonds is 9. The molecule has 0 spiro atoms. The van der Waals surface area contributed by atoms with Gasteiger partial charge in [0.15, 0.2) is 0 Å². The number of urea groups is 1. The third-order valence-electron chi connectivity index (χ3n) is 5.91. The molecule has 0 radical (unpaired) electrons. The second kappa shape index (κ2) is 10.4. The lowest BCUT2D eigenvalue weighted by Crippen LogP contribution is -2.43. The summed E-state index contributed by atoms with van der Waals surface area (Å²) in [7, 11) is 0. The van der Waals surface area contributed by atoms with Gasteiger partial charge < -0.3 is 15.4 Å². The third kappa shape index (κ3) is 5.66. The van der Waals surface area contributed by atoms with E-state index in [2.05, 4.69) is 10.6 Å². The molecule has 1 heterocycles.